The smallest absolute Gasteiger partial charge is 0.151 e. The maximum absolute atomic E-state index is 13.8. The SMILES string of the molecule is CC1CC(n2c(CCCl)nc3c(F)cccc32)C1. The summed E-state index contributed by atoms with van der Waals surface area (Å²) in [5.41, 5.74) is 1.39. The molecular formula is C14H16ClFN2. The fourth-order valence-corrected chi connectivity index (χ4v) is 3.04. The Bertz CT molecular complexity index is 572. The molecule has 1 fully saturated rings. The van der Waals surface area contributed by atoms with Crippen molar-refractivity contribution < 1.29 is 4.39 Å². The molecule has 1 aliphatic rings. The zero-order chi connectivity index (χ0) is 12.7. The number of aromatic nitrogens is 2. The lowest BCUT2D eigenvalue weighted by molar-refractivity contribution is 0.217. The van der Waals surface area contributed by atoms with Crippen LogP contribution >= 0.6 is 11.6 Å². The summed E-state index contributed by atoms with van der Waals surface area (Å²) in [6, 6.07) is 5.63. The minimum Gasteiger partial charge on any atom is -0.325 e. The predicted octanol–water partition coefficient (Wildman–Crippen LogP) is 3.93. The lowest BCUT2D eigenvalue weighted by Gasteiger charge is -2.35. The molecule has 1 heterocycles. The van der Waals surface area contributed by atoms with E-state index in [9.17, 15) is 4.39 Å². The molecule has 0 radical (unpaired) electrons. The zero-order valence-corrected chi connectivity index (χ0v) is 11.1. The van der Waals surface area contributed by atoms with E-state index < -0.39 is 0 Å². The van der Waals surface area contributed by atoms with Crippen molar-refractivity contribution in [2.45, 2.75) is 32.2 Å². The molecule has 96 valence electrons. The van der Waals surface area contributed by atoms with E-state index in [-0.39, 0.29) is 5.82 Å². The van der Waals surface area contributed by atoms with Crippen molar-refractivity contribution in [3.63, 3.8) is 0 Å². The zero-order valence-electron chi connectivity index (χ0n) is 10.4. The summed E-state index contributed by atoms with van der Waals surface area (Å²) in [5, 5.41) is 0. The molecule has 1 aliphatic carbocycles. The average Bonchev–Trinajstić information content (AvgIpc) is 2.65. The van der Waals surface area contributed by atoms with Gasteiger partial charge in [-0.3, -0.25) is 0 Å². The van der Waals surface area contributed by atoms with Gasteiger partial charge >= 0.3 is 0 Å². The van der Waals surface area contributed by atoms with Crippen LogP contribution in [0.4, 0.5) is 4.39 Å². The minimum atomic E-state index is -0.241. The van der Waals surface area contributed by atoms with Gasteiger partial charge in [0, 0.05) is 18.3 Å². The van der Waals surface area contributed by atoms with Crippen molar-refractivity contribution >= 4 is 22.6 Å². The molecular weight excluding hydrogens is 251 g/mol. The standard InChI is InChI=1S/C14H16ClFN2/c1-9-7-10(8-9)18-12-4-2-3-11(16)14(12)17-13(18)5-6-15/h2-4,9-10H,5-8H2,1H3. The van der Waals surface area contributed by atoms with E-state index in [4.69, 9.17) is 11.6 Å². The Hall–Kier alpha value is -1.09. The van der Waals surface area contributed by atoms with Crippen molar-refractivity contribution in [2.24, 2.45) is 5.92 Å². The van der Waals surface area contributed by atoms with Gasteiger partial charge in [-0.1, -0.05) is 13.0 Å². The fraction of sp³-hybridized carbons (Fsp3) is 0.500. The number of rotatable bonds is 3. The van der Waals surface area contributed by atoms with Crippen molar-refractivity contribution in [2.75, 3.05) is 5.88 Å². The number of imidazole rings is 1. The maximum Gasteiger partial charge on any atom is 0.151 e. The van der Waals surface area contributed by atoms with E-state index in [1.54, 1.807) is 6.07 Å². The number of para-hydroxylation sites is 1. The Labute approximate surface area is 111 Å². The normalized spacial score (nSPS) is 23.3. The van der Waals surface area contributed by atoms with Crippen molar-refractivity contribution in [1.82, 2.24) is 9.55 Å². The first-order valence-corrected chi connectivity index (χ1v) is 6.95. The molecule has 0 amide bonds. The van der Waals surface area contributed by atoms with E-state index in [1.807, 2.05) is 6.07 Å². The maximum atomic E-state index is 13.8. The highest BCUT2D eigenvalue weighted by atomic mass is 35.5. The van der Waals surface area contributed by atoms with Gasteiger partial charge < -0.3 is 4.57 Å². The Balaban J connectivity index is 2.13. The summed E-state index contributed by atoms with van der Waals surface area (Å²) in [7, 11) is 0. The molecule has 0 unspecified atom stereocenters. The second-order valence-corrected chi connectivity index (χ2v) is 5.55. The van der Waals surface area contributed by atoms with Crippen LogP contribution in [0.2, 0.25) is 0 Å². The van der Waals surface area contributed by atoms with Gasteiger partial charge in [0.1, 0.15) is 11.3 Å². The number of hydrogen-bond donors (Lipinski definition) is 0. The minimum absolute atomic E-state index is 0.241. The highest BCUT2D eigenvalue weighted by Crippen LogP contribution is 2.40. The quantitative estimate of drug-likeness (QED) is 0.770. The van der Waals surface area contributed by atoms with Gasteiger partial charge in [-0.15, -0.1) is 11.6 Å². The first-order chi connectivity index (χ1) is 8.70. The number of halogens is 2. The second-order valence-electron chi connectivity index (χ2n) is 5.17. The summed E-state index contributed by atoms with van der Waals surface area (Å²) < 4.78 is 16.0. The van der Waals surface area contributed by atoms with Crippen LogP contribution < -0.4 is 0 Å². The molecule has 18 heavy (non-hydrogen) atoms. The number of aryl methyl sites for hydroxylation is 1. The van der Waals surface area contributed by atoms with Crippen molar-refractivity contribution in [3.8, 4) is 0 Å². The first kappa shape index (κ1) is 12.0. The molecule has 4 heteroatoms. The molecule has 0 bridgehead atoms. The summed E-state index contributed by atoms with van der Waals surface area (Å²) in [6.07, 6.45) is 3.00. The third-order valence-corrected chi connectivity index (χ3v) is 3.97. The third-order valence-electron chi connectivity index (χ3n) is 3.78. The molecule has 1 aromatic heterocycles. The average molecular weight is 267 g/mol. The second kappa shape index (κ2) is 4.54. The predicted molar refractivity (Wildman–Crippen MR) is 71.6 cm³/mol. The number of benzene rings is 1. The fourth-order valence-electron chi connectivity index (χ4n) is 2.87. The van der Waals surface area contributed by atoms with Crippen LogP contribution in [-0.2, 0) is 6.42 Å². The van der Waals surface area contributed by atoms with E-state index >= 15 is 0 Å². The van der Waals surface area contributed by atoms with Gasteiger partial charge in [-0.05, 0) is 30.9 Å². The molecule has 0 N–H and O–H groups in total. The Morgan fingerprint density at radius 2 is 2.22 bits per heavy atom. The van der Waals surface area contributed by atoms with Gasteiger partial charge in [0.25, 0.3) is 0 Å². The van der Waals surface area contributed by atoms with E-state index in [2.05, 4.69) is 16.5 Å². The van der Waals surface area contributed by atoms with Crippen LogP contribution in [0.5, 0.6) is 0 Å². The van der Waals surface area contributed by atoms with Crippen molar-refractivity contribution in [3.05, 3.63) is 29.8 Å². The van der Waals surface area contributed by atoms with Crippen LogP contribution in [0.25, 0.3) is 11.0 Å². The highest BCUT2D eigenvalue weighted by Gasteiger charge is 2.30. The third kappa shape index (κ3) is 1.81. The largest absolute Gasteiger partial charge is 0.325 e. The van der Waals surface area contributed by atoms with Gasteiger partial charge in [0.2, 0.25) is 0 Å². The van der Waals surface area contributed by atoms with Crippen LogP contribution in [0, 0.1) is 11.7 Å². The van der Waals surface area contributed by atoms with Crippen LogP contribution in [-0.4, -0.2) is 15.4 Å². The van der Waals surface area contributed by atoms with E-state index in [0.29, 0.717) is 23.9 Å². The molecule has 0 spiro atoms. The number of nitrogens with zero attached hydrogens (tertiary/aromatic N) is 2. The van der Waals surface area contributed by atoms with Gasteiger partial charge in [-0.2, -0.15) is 0 Å². The molecule has 0 atom stereocenters. The lowest BCUT2D eigenvalue weighted by atomic mass is 9.81. The summed E-state index contributed by atoms with van der Waals surface area (Å²) >= 11 is 5.82. The van der Waals surface area contributed by atoms with E-state index in [1.165, 1.54) is 6.07 Å². The summed E-state index contributed by atoms with van der Waals surface area (Å²) in [4.78, 5) is 4.43. The molecule has 2 nitrogen and oxygen atoms in total. The molecule has 1 aromatic carbocycles. The molecule has 3 rings (SSSR count). The van der Waals surface area contributed by atoms with E-state index in [0.717, 1.165) is 30.1 Å². The topological polar surface area (TPSA) is 17.8 Å². The first-order valence-electron chi connectivity index (χ1n) is 6.42. The monoisotopic (exact) mass is 266 g/mol. The number of fused-ring (bicyclic) bond motifs is 1. The van der Waals surface area contributed by atoms with Crippen LogP contribution in [0.15, 0.2) is 18.2 Å². The summed E-state index contributed by atoms with van der Waals surface area (Å²) in [6.45, 7) is 2.25. The lowest BCUT2D eigenvalue weighted by Crippen LogP contribution is -2.26. The number of alkyl halides is 1. The van der Waals surface area contributed by atoms with Gasteiger partial charge in [0.05, 0.1) is 5.52 Å². The summed E-state index contributed by atoms with van der Waals surface area (Å²) in [5.74, 6) is 1.95. The molecule has 2 aromatic rings. The van der Waals surface area contributed by atoms with Gasteiger partial charge in [0.15, 0.2) is 5.82 Å². The van der Waals surface area contributed by atoms with Crippen molar-refractivity contribution in [1.29, 1.82) is 0 Å². The van der Waals surface area contributed by atoms with Gasteiger partial charge in [-0.25, -0.2) is 9.37 Å². The molecule has 1 saturated carbocycles. The van der Waals surface area contributed by atoms with Crippen LogP contribution in [0.1, 0.15) is 31.6 Å². The Kier molecular flexibility index (Phi) is 3.02. The Morgan fingerprint density at radius 1 is 1.44 bits per heavy atom. The molecule has 0 aliphatic heterocycles. The number of hydrogen-bond acceptors (Lipinski definition) is 1. The van der Waals surface area contributed by atoms with Crippen LogP contribution in [0.3, 0.4) is 0 Å². The highest BCUT2D eigenvalue weighted by molar-refractivity contribution is 6.17. The molecule has 0 saturated heterocycles. The Morgan fingerprint density at radius 3 is 2.89 bits per heavy atom.